The minimum Gasteiger partial charge on any atom is -0.423 e. The second kappa shape index (κ2) is 5.13. The molecular weight excluding hydrogens is 238 g/mol. The highest BCUT2D eigenvalue weighted by molar-refractivity contribution is 5.22. The third-order valence-corrected chi connectivity index (χ3v) is 4.06. The Bertz CT molecular complexity index is 537. The second-order valence-corrected chi connectivity index (χ2v) is 5.38. The number of nitrogens with zero attached hydrogens (tertiary/aromatic N) is 2. The van der Waals surface area contributed by atoms with Crippen LogP contribution in [0.2, 0.25) is 0 Å². The van der Waals surface area contributed by atoms with Crippen molar-refractivity contribution in [2.45, 2.75) is 38.1 Å². The van der Waals surface area contributed by atoms with Crippen molar-refractivity contribution in [3.05, 3.63) is 47.7 Å². The van der Waals surface area contributed by atoms with Gasteiger partial charge in [0.2, 0.25) is 11.8 Å². The van der Waals surface area contributed by atoms with Crippen molar-refractivity contribution >= 4 is 0 Å². The van der Waals surface area contributed by atoms with Gasteiger partial charge in [0.25, 0.3) is 0 Å². The van der Waals surface area contributed by atoms with E-state index in [1.54, 1.807) is 0 Å². The molecule has 4 nitrogen and oxygen atoms in total. The molecule has 100 valence electrons. The molecule has 0 aliphatic heterocycles. The smallest absolute Gasteiger partial charge is 0.237 e. The van der Waals surface area contributed by atoms with Gasteiger partial charge in [-0.1, -0.05) is 43.7 Å². The topological polar surface area (TPSA) is 64.9 Å². The molecule has 1 fully saturated rings. The minimum atomic E-state index is -0.334. The minimum absolute atomic E-state index is 0.334. The molecule has 1 heterocycles. The van der Waals surface area contributed by atoms with Crippen LogP contribution in [0.5, 0.6) is 0 Å². The van der Waals surface area contributed by atoms with Gasteiger partial charge in [-0.2, -0.15) is 0 Å². The lowest BCUT2D eigenvalue weighted by Gasteiger charge is -2.10. The molecule has 1 aliphatic carbocycles. The molecule has 3 rings (SSSR count). The van der Waals surface area contributed by atoms with E-state index >= 15 is 0 Å². The SMILES string of the molecule is CC1CCCC1c1nnc(C(N)c2ccccc2)o1. The highest BCUT2D eigenvalue weighted by atomic mass is 16.4. The third-order valence-electron chi connectivity index (χ3n) is 4.06. The number of nitrogens with two attached hydrogens (primary N) is 1. The van der Waals surface area contributed by atoms with Gasteiger partial charge in [-0.3, -0.25) is 0 Å². The zero-order valence-corrected chi connectivity index (χ0v) is 11.1. The van der Waals surface area contributed by atoms with E-state index < -0.39 is 0 Å². The molecule has 3 atom stereocenters. The fourth-order valence-electron chi connectivity index (χ4n) is 2.84. The molecule has 4 heteroatoms. The summed E-state index contributed by atoms with van der Waals surface area (Å²) in [5.41, 5.74) is 7.16. The fraction of sp³-hybridized carbons (Fsp3) is 0.467. The monoisotopic (exact) mass is 257 g/mol. The summed E-state index contributed by atoms with van der Waals surface area (Å²) in [6, 6.07) is 9.52. The lowest BCUT2D eigenvalue weighted by Crippen LogP contribution is -2.12. The van der Waals surface area contributed by atoms with E-state index in [4.69, 9.17) is 10.2 Å². The van der Waals surface area contributed by atoms with E-state index in [1.165, 1.54) is 12.8 Å². The van der Waals surface area contributed by atoms with Gasteiger partial charge in [-0.15, -0.1) is 10.2 Å². The Balaban J connectivity index is 1.81. The van der Waals surface area contributed by atoms with Gasteiger partial charge < -0.3 is 10.2 Å². The van der Waals surface area contributed by atoms with E-state index in [0.29, 0.717) is 17.7 Å². The molecule has 1 aromatic carbocycles. The van der Waals surface area contributed by atoms with Crippen molar-refractivity contribution in [1.82, 2.24) is 10.2 Å². The highest BCUT2D eigenvalue weighted by Gasteiger charge is 2.30. The predicted molar refractivity (Wildman–Crippen MR) is 72.5 cm³/mol. The van der Waals surface area contributed by atoms with Gasteiger partial charge in [0.05, 0.1) is 0 Å². The van der Waals surface area contributed by atoms with Crippen molar-refractivity contribution in [2.75, 3.05) is 0 Å². The molecule has 0 spiro atoms. The molecule has 1 saturated carbocycles. The molecule has 0 amide bonds. The van der Waals surface area contributed by atoms with E-state index in [1.807, 2.05) is 30.3 Å². The number of hydrogen-bond acceptors (Lipinski definition) is 4. The van der Waals surface area contributed by atoms with Gasteiger partial charge in [0.1, 0.15) is 6.04 Å². The zero-order chi connectivity index (χ0) is 13.2. The second-order valence-electron chi connectivity index (χ2n) is 5.38. The average molecular weight is 257 g/mol. The Morgan fingerprint density at radius 1 is 1.21 bits per heavy atom. The standard InChI is InChI=1S/C15H19N3O/c1-10-6-5-9-12(10)14-17-18-15(19-14)13(16)11-7-3-2-4-8-11/h2-4,7-8,10,12-13H,5-6,9,16H2,1H3. The molecule has 2 N–H and O–H groups in total. The van der Waals surface area contributed by atoms with Crippen LogP contribution in [0.15, 0.2) is 34.7 Å². The van der Waals surface area contributed by atoms with Crippen LogP contribution in [-0.2, 0) is 0 Å². The first-order valence-corrected chi connectivity index (χ1v) is 6.89. The number of rotatable bonds is 3. The van der Waals surface area contributed by atoms with Crippen LogP contribution in [0, 0.1) is 5.92 Å². The Kier molecular flexibility index (Phi) is 3.34. The summed E-state index contributed by atoms with van der Waals surface area (Å²) in [4.78, 5) is 0. The fourth-order valence-corrected chi connectivity index (χ4v) is 2.84. The van der Waals surface area contributed by atoms with Crippen LogP contribution in [0.25, 0.3) is 0 Å². The van der Waals surface area contributed by atoms with Crippen LogP contribution in [-0.4, -0.2) is 10.2 Å². The summed E-state index contributed by atoms with van der Waals surface area (Å²) >= 11 is 0. The van der Waals surface area contributed by atoms with Crippen LogP contribution >= 0.6 is 0 Å². The predicted octanol–water partition coefficient (Wildman–Crippen LogP) is 3.02. The van der Waals surface area contributed by atoms with Gasteiger partial charge in [-0.05, 0) is 24.3 Å². The maximum atomic E-state index is 6.17. The van der Waals surface area contributed by atoms with Crippen LogP contribution < -0.4 is 5.73 Å². The molecule has 1 aliphatic rings. The van der Waals surface area contributed by atoms with Crippen molar-refractivity contribution in [2.24, 2.45) is 11.7 Å². The van der Waals surface area contributed by atoms with Crippen LogP contribution in [0.3, 0.4) is 0 Å². The number of hydrogen-bond donors (Lipinski definition) is 1. The Morgan fingerprint density at radius 2 is 2.00 bits per heavy atom. The largest absolute Gasteiger partial charge is 0.423 e. The maximum absolute atomic E-state index is 6.17. The van der Waals surface area contributed by atoms with Crippen molar-refractivity contribution in [1.29, 1.82) is 0 Å². The van der Waals surface area contributed by atoms with Crippen LogP contribution in [0.1, 0.15) is 55.5 Å². The summed E-state index contributed by atoms with van der Waals surface area (Å²) < 4.78 is 5.81. The lowest BCUT2D eigenvalue weighted by atomic mass is 9.98. The maximum Gasteiger partial charge on any atom is 0.237 e. The molecule has 2 aromatic rings. The quantitative estimate of drug-likeness (QED) is 0.918. The summed E-state index contributed by atoms with van der Waals surface area (Å²) in [6.07, 6.45) is 3.63. The molecule has 3 unspecified atom stereocenters. The molecule has 0 bridgehead atoms. The summed E-state index contributed by atoms with van der Waals surface area (Å²) in [5, 5.41) is 8.33. The summed E-state index contributed by atoms with van der Waals surface area (Å²) in [7, 11) is 0. The van der Waals surface area contributed by atoms with Gasteiger partial charge in [0.15, 0.2) is 0 Å². The zero-order valence-electron chi connectivity index (χ0n) is 11.1. The van der Waals surface area contributed by atoms with Gasteiger partial charge in [-0.25, -0.2) is 0 Å². The normalized spacial score (nSPS) is 24.5. The third kappa shape index (κ3) is 2.40. The van der Waals surface area contributed by atoms with Crippen molar-refractivity contribution in [3.63, 3.8) is 0 Å². The molecule has 19 heavy (non-hydrogen) atoms. The summed E-state index contributed by atoms with van der Waals surface area (Å²) in [5.74, 6) is 2.30. The van der Waals surface area contributed by atoms with Crippen molar-refractivity contribution < 1.29 is 4.42 Å². The van der Waals surface area contributed by atoms with E-state index in [-0.39, 0.29) is 6.04 Å². The molecule has 0 radical (unpaired) electrons. The van der Waals surface area contributed by atoms with Gasteiger partial charge >= 0.3 is 0 Å². The first-order valence-electron chi connectivity index (χ1n) is 6.89. The van der Waals surface area contributed by atoms with E-state index in [2.05, 4.69) is 17.1 Å². The Labute approximate surface area is 113 Å². The average Bonchev–Trinajstić information content (AvgIpc) is 3.07. The first-order chi connectivity index (χ1) is 9.25. The van der Waals surface area contributed by atoms with E-state index in [9.17, 15) is 0 Å². The Morgan fingerprint density at radius 3 is 2.68 bits per heavy atom. The van der Waals surface area contributed by atoms with Gasteiger partial charge in [0, 0.05) is 5.92 Å². The lowest BCUT2D eigenvalue weighted by molar-refractivity contribution is 0.373. The number of benzene rings is 1. The summed E-state index contributed by atoms with van der Waals surface area (Å²) in [6.45, 7) is 2.25. The first kappa shape index (κ1) is 12.4. The van der Waals surface area contributed by atoms with Crippen LogP contribution in [0.4, 0.5) is 0 Å². The molecule has 1 aromatic heterocycles. The Hall–Kier alpha value is -1.68. The van der Waals surface area contributed by atoms with Crippen molar-refractivity contribution in [3.8, 4) is 0 Å². The van der Waals surface area contributed by atoms with E-state index in [0.717, 1.165) is 17.9 Å². The molecule has 0 saturated heterocycles. The highest BCUT2D eigenvalue weighted by Crippen LogP contribution is 2.38. The molecular formula is C15H19N3O. The number of aromatic nitrogens is 2.